The standard InChI is InChI=1S/C17H18F17NO3/c1-7(2)8(36)35(5)6-10(18,13(22,23)24)38-16(31,32)11(19,14(25,26)27)9(3,4)37-17(33,34)12(20,21)15(28,29)30/h7H,6H2,1-5H3. The van der Waals surface area contributed by atoms with Gasteiger partial charge in [-0.3, -0.25) is 9.53 Å². The number of likely N-dealkylation sites (N-methyl/N-ethyl adjacent to an activating group) is 1. The van der Waals surface area contributed by atoms with Gasteiger partial charge in [-0.1, -0.05) is 13.8 Å². The molecule has 0 aromatic rings. The normalized spacial score (nSPS) is 18.3. The van der Waals surface area contributed by atoms with Gasteiger partial charge in [0.1, 0.15) is 5.60 Å². The van der Waals surface area contributed by atoms with Crippen LogP contribution in [-0.4, -0.2) is 78.2 Å². The predicted octanol–water partition coefficient (Wildman–Crippen LogP) is 6.79. The van der Waals surface area contributed by atoms with Crippen LogP contribution in [0, 0.1) is 5.92 Å². The summed E-state index contributed by atoms with van der Waals surface area (Å²) in [6, 6.07) is 0. The quantitative estimate of drug-likeness (QED) is 0.257. The van der Waals surface area contributed by atoms with Gasteiger partial charge in [0.05, 0.1) is 6.54 Å². The SMILES string of the molecule is CC(C)C(=O)N(C)CC(F)(OC(F)(F)C(F)(C(F)(F)F)C(C)(C)OC(F)(F)C(F)(F)C(F)(F)F)C(F)(F)F. The second-order valence-electron chi connectivity index (χ2n) is 8.55. The fourth-order valence-electron chi connectivity index (χ4n) is 2.75. The van der Waals surface area contributed by atoms with E-state index in [9.17, 15) is 75.0 Å². The van der Waals surface area contributed by atoms with Gasteiger partial charge in [0.25, 0.3) is 0 Å². The summed E-state index contributed by atoms with van der Waals surface area (Å²) in [5.74, 6) is -16.3. The van der Waals surface area contributed by atoms with Crippen LogP contribution < -0.4 is 0 Å². The number of carbonyl (C=O) groups is 1. The molecule has 0 spiro atoms. The van der Waals surface area contributed by atoms with E-state index in [4.69, 9.17) is 0 Å². The maximum absolute atomic E-state index is 15.0. The van der Waals surface area contributed by atoms with Crippen LogP contribution >= 0.6 is 0 Å². The van der Waals surface area contributed by atoms with Gasteiger partial charge in [0, 0.05) is 13.0 Å². The molecule has 0 fully saturated rings. The number of halogens is 17. The molecule has 21 heteroatoms. The fourth-order valence-corrected chi connectivity index (χ4v) is 2.75. The van der Waals surface area contributed by atoms with E-state index in [1.54, 1.807) is 0 Å². The average Bonchev–Trinajstić information content (AvgIpc) is 2.61. The molecule has 0 saturated heterocycles. The molecule has 0 heterocycles. The van der Waals surface area contributed by atoms with Crippen LogP contribution in [0.1, 0.15) is 27.7 Å². The van der Waals surface area contributed by atoms with Crippen molar-refractivity contribution in [2.75, 3.05) is 13.6 Å². The molecule has 0 aliphatic heterocycles. The highest BCUT2D eigenvalue weighted by Gasteiger charge is 2.85. The summed E-state index contributed by atoms with van der Waals surface area (Å²) in [5.41, 5.74) is -12.5. The van der Waals surface area contributed by atoms with Gasteiger partial charge in [-0.25, -0.2) is 4.39 Å². The topological polar surface area (TPSA) is 38.8 Å². The Morgan fingerprint density at radius 1 is 0.658 bits per heavy atom. The summed E-state index contributed by atoms with van der Waals surface area (Å²) in [6.45, 7) is -2.58. The molecule has 0 aliphatic carbocycles. The van der Waals surface area contributed by atoms with E-state index in [-0.39, 0.29) is 4.90 Å². The molecule has 228 valence electrons. The van der Waals surface area contributed by atoms with E-state index >= 15 is 4.39 Å². The summed E-state index contributed by atoms with van der Waals surface area (Å²) in [5, 5.41) is 0. The molecule has 0 bridgehead atoms. The number of alkyl halides is 17. The van der Waals surface area contributed by atoms with Crippen molar-refractivity contribution in [1.29, 1.82) is 0 Å². The third-order valence-corrected chi connectivity index (χ3v) is 4.75. The van der Waals surface area contributed by atoms with E-state index in [1.807, 2.05) is 0 Å². The van der Waals surface area contributed by atoms with E-state index in [0.29, 0.717) is 7.05 Å². The summed E-state index contributed by atoms with van der Waals surface area (Å²) in [7, 11) is 0.309. The van der Waals surface area contributed by atoms with Crippen LogP contribution in [0.4, 0.5) is 74.6 Å². The lowest BCUT2D eigenvalue weighted by Crippen LogP contribution is -2.73. The minimum atomic E-state index is -7.48. The number of nitrogens with zero attached hydrogens (tertiary/aromatic N) is 1. The molecule has 0 aromatic heterocycles. The molecule has 2 atom stereocenters. The molecule has 0 N–H and O–H groups in total. The first-order chi connectivity index (χ1) is 16.2. The van der Waals surface area contributed by atoms with Crippen LogP contribution in [0.5, 0.6) is 0 Å². The van der Waals surface area contributed by atoms with Gasteiger partial charge in [-0.2, -0.15) is 70.2 Å². The second kappa shape index (κ2) is 9.99. The molecule has 4 nitrogen and oxygen atoms in total. The van der Waals surface area contributed by atoms with Crippen molar-refractivity contribution < 1.29 is 88.9 Å². The van der Waals surface area contributed by atoms with Crippen molar-refractivity contribution in [3.05, 3.63) is 0 Å². The molecule has 1 amide bonds. The molecule has 0 rings (SSSR count). The Hall–Kier alpha value is -1.80. The first-order valence-electron chi connectivity index (χ1n) is 9.52. The van der Waals surface area contributed by atoms with Gasteiger partial charge >= 0.3 is 48.2 Å². The number of amides is 1. The Labute approximate surface area is 202 Å². The molecule has 0 saturated carbocycles. The van der Waals surface area contributed by atoms with Crippen LogP contribution in [0.25, 0.3) is 0 Å². The minimum absolute atomic E-state index is 0.309. The zero-order chi connectivity index (χ0) is 31.4. The maximum Gasteiger partial charge on any atom is 0.462 e. The molecule has 0 radical (unpaired) electrons. The smallest absolute Gasteiger partial charge is 0.339 e. The highest BCUT2D eigenvalue weighted by molar-refractivity contribution is 5.77. The van der Waals surface area contributed by atoms with E-state index in [2.05, 4.69) is 9.47 Å². The van der Waals surface area contributed by atoms with Crippen molar-refractivity contribution in [1.82, 2.24) is 4.90 Å². The molecular weight excluding hydrogens is 589 g/mol. The number of rotatable bonds is 10. The second-order valence-corrected chi connectivity index (χ2v) is 8.55. The molecule has 0 aliphatic rings. The molecule has 0 aromatic carbocycles. The van der Waals surface area contributed by atoms with Crippen molar-refractivity contribution in [2.45, 2.75) is 81.5 Å². The highest BCUT2D eigenvalue weighted by atomic mass is 19.4. The third-order valence-electron chi connectivity index (χ3n) is 4.75. The number of ether oxygens (including phenoxy) is 2. The van der Waals surface area contributed by atoms with Crippen molar-refractivity contribution in [2.24, 2.45) is 5.92 Å². The van der Waals surface area contributed by atoms with Crippen LogP contribution in [0.3, 0.4) is 0 Å². The van der Waals surface area contributed by atoms with Gasteiger partial charge in [-0.05, 0) is 13.8 Å². The first-order valence-corrected chi connectivity index (χ1v) is 9.52. The monoisotopic (exact) mass is 607 g/mol. The average molecular weight is 607 g/mol. The minimum Gasteiger partial charge on any atom is -0.339 e. The zero-order valence-electron chi connectivity index (χ0n) is 19.4. The highest BCUT2D eigenvalue weighted by Crippen LogP contribution is 2.58. The lowest BCUT2D eigenvalue weighted by atomic mass is 9.84. The molecule has 2 unspecified atom stereocenters. The van der Waals surface area contributed by atoms with E-state index in [0.717, 1.165) is 13.8 Å². The molecule has 38 heavy (non-hydrogen) atoms. The number of hydrogen-bond donors (Lipinski definition) is 0. The van der Waals surface area contributed by atoms with Crippen molar-refractivity contribution >= 4 is 5.91 Å². The Morgan fingerprint density at radius 2 is 1.05 bits per heavy atom. The van der Waals surface area contributed by atoms with Crippen molar-refractivity contribution in [3.8, 4) is 0 Å². The summed E-state index contributed by atoms with van der Waals surface area (Å²) in [6.07, 6.45) is -36.2. The van der Waals surface area contributed by atoms with E-state index < -0.39 is 86.0 Å². The van der Waals surface area contributed by atoms with Gasteiger partial charge < -0.3 is 9.64 Å². The molecular formula is C17H18F17NO3. The largest absolute Gasteiger partial charge is 0.462 e. The lowest BCUT2D eigenvalue weighted by Gasteiger charge is -2.47. The van der Waals surface area contributed by atoms with Crippen LogP contribution in [0.15, 0.2) is 0 Å². The Bertz CT molecular complexity index is 848. The van der Waals surface area contributed by atoms with Crippen LogP contribution in [0.2, 0.25) is 0 Å². The van der Waals surface area contributed by atoms with Crippen LogP contribution in [-0.2, 0) is 14.3 Å². The predicted molar refractivity (Wildman–Crippen MR) is 89.4 cm³/mol. The Morgan fingerprint density at radius 3 is 1.34 bits per heavy atom. The third kappa shape index (κ3) is 6.33. The first kappa shape index (κ1) is 36.2. The fraction of sp³-hybridized carbons (Fsp3) is 0.941. The maximum atomic E-state index is 15.0. The summed E-state index contributed by atoms with van der Waals surface area (Å²) < 4.78 is 234. The van der Waals surface area contributed by atoms with Gasteiger partial charge in [0.15, 0.2) is 0 Å². The number of hydrogen-bond acceptors (Lipinski definition) is 3. The summed E-state index contributed by atoms with van der Waals surface area (Å²) in [4.78, 5) is 11.4. The van der Waals surface area contributed by atoms with Crippen molar-refractivity contribution in [3.63, 3.8) is 0 Å². The number of carbonyl (C=O) groups excluding carboxylic acids is 1. The summed E-state index contributed by atoms with van der Waals surface area (Å²) >= 11 is 0. The lowest BCUT2D eigenvalue weighted by molar-refractivity contribution is -0.502. The van der Waals surface area contributed by atoms with Gasteiger partial charge in [0.2, 0.25) is 5.91 Å². The Kier molecular flexibility index (Phi) is 9.52. The Balaban J connectivity index is 6.94. The van der Waals surface area contributed by atoms with E-state index in [1.165, 1.54) is 0 Å². The zero-order valence-corrected chi connectivity index (χ0v) is 19.4. The van der Waals surface area contributed by atoms with Gasteiger partial charge in [-0.15, -0.1) is 0 Å².